The van der Waals surface area contributed by atoms with Crippen LogP contribution in [0.5, 0.6) is 0 Å². The molecule has 1 aromatic carbocycles. The summed E-state index contributed by atoms with van der Waals surface area (Å²) in [6.07, 6.45) is 3.97. The van der Waals surface area contributed by atoms with Gasteiger partial charge in [0, 0.05) is 24.7 Å². The highest BCUT2D eigenvalue weighted by molar-refractivity contribution is 6.30. The number of nitrogens with one attached hydrogen (secondary N) is 2. The number of aromatic nitrogens is 2. The van der Waals surface area contributed by atoms with E-state index in [1.807, 2.05) is 18.3 Å². The number of nitrogens with zero attached hydrogens (tertiary/aromatic N) is 3. The molecule has 1 atom stereocenters. The van der Waals surface area contributed by atoms with Crippen molar-refractivity contribution in [2.45, 2.75) is 24.8 Å². The maximum absolute atomic E-state index is 14.4. The van der Waals surface area contributed by atoms with Crippen LogP contribution in [0.3, 0.4) is 0 Å². The average Bonchev–Trinajstić information content (AvgIpc) is 2.93. The summed E-state index contributed by atoms with van der Waals surface area (Å²) in [6, 6.07) is 4.70. The molecule has 2 aromatic rings. The van der Waals surface area contributed by atoms with E-state index in [9.17, 15) is 4.39 Å². The third kappa shape index (κ3) is 2.64. The second kappa shape index (κ2) is 6.27. The van der Waals surface area contributed by atoms with Crippen molar-refractivity contribution in [1.29, 1.82) is 0 Å². The summed E-state index contributed by atoms with van der Waals surface area (Å²) in [5.74, 6) is 0.728. The normalized spacial score (nSPS) is 21.5. The van der Waals surface area contributed by atoms with Gasteiger partial charge in [-0.15, -0.1) is 0 Å². The monoisotopic (exact) mass is 347 g/mol. The van der Waals surface area contributed by atoms with E-state index in [0.29, 0.717) is 17.3 Å². The van der Waals surface area contributed by atoms with Gasteiger partial charge in [-0.2, -0.15) is 0 Å². The Balaban J connectivity index is 1.70. The molecule has 1 unspecified atom stereocenters. The number of benzene rings is 1. The summed E-state index contributed by atoms with van der Waals surface area (Å²) in [5, 5.41) is 5.30. The number of hydrogen-bond donors (Lipinski definition) is 2. The highest BCUT2D eigenvalue weighted by Gasteiger charge is 2.34. The van der Waals surface area contributed by atoms with Crippen molar-refractivity contribution in [1.82, 2.24) is 20.3 Å². The van der Waals surface area contributed by atoms with Gasteiger partial charge in [0.2, 0.25) is 0 Å². The Kier molecular flexibility index (Phi) is 4.12. The van der Waals surface area contributed by atoms with E-state index in [2.05, 4.69) is 15.7 Å². The van der Waals surface area contributed by atoms with Gasteiger partial charge < -0.3 is 10.7 Å². The maximum Gasteiger partial charge on any atom is 0.164 e. The predicted octanol–water partition coefficient (Wildman–Crippen LogP) is 3.10. The standard InChI is InChI=1S/C17H19ClFN5/c1-24-16(11-3-2-4-12(18)14(11)19)15-17(23-24)22-13(9-21-15)10-5-7-20-8-6-10/h2-4,9-10,16,20H,5-8H2,1H3,(H,22,23). The molecule has 1 aromatic heterocycles. The van der Waals surface area contributed by atoms with Crippen LogP contribution >= 0.6 is 11.6 Å². The van der Waals surface area contributed by atoms with Gasteiger partial charge in [0.15, 0.2) is 5.82 Å². The molecule has 3 heterocycles. The highest BCUT2D eigenvalue weighted by atomic mass is 35.5. The Morgan fingerprint density at radius 1 is 1.29 bits per heavy atom. The number of fused-ring (bicyclic) bond motifs is 1. The van der Waals surface area contributed by atoms with E-state index in [0.717, 1.165) is 37.3 Å². The molecule has 2 aliphatic rings. The molecular weight excluding hydrogens is 329 g/mol. The van der Waals surface area contributed by atoms with Crippen LogP contribution in [0.15, 0.2) is 24.4 Å². The predicted molar refractivity (Wildman–Crippen MR) is 91.5 cm³/mol. The summed E-state index contributed by atoms with van der Waals surface area (Å²) in [6.45, 7) is 2.01. The second-order valence-electron chi connectivity index (χ2n) is 6.32. The van der Waals surface area contributed by atoms with Crippen molar-refractivity contribution < 1.29 is 4.39 Å². The Morgan fingerprint density at radius 2 is 2.08 bits per heavy atom. The SMILES string of the molecule is CN1Nc2nc(C3CCNCC3)cnc2C1c1cccc(Cl)c1F. The molecule has 2 aliphatic heterocycles. The lowest BCUT2D eigenvalue weighted by Crippen LogP contribution is -2.27. The fraction of sp³-hybridized carbons (Fsp3) is 0.412. The van der Waals surface area contributed by atoms with Crippen molar-refractivity contribution in [2.75, 3.05) is 25.6 Å². The first-order valence-electron chi connectivity index (χ1n) is 8.16. The van der Waals surface area contributed by atoms with Crippen LogP contribution < -0.4 is 10.7 Å². The smallest absolute Gasteiger partial charge is 0.164 e. The van der Waals surface area contributed by atoms with Crippen molar-refractivity contribution >= 4 is 17.4 Å². The zero-order chi connectivity index (χ0) is 16.7. The molecule has 0 saturated carbocycles. The van der Waals surface area contributed by atoms with Crippen LogP contribution in [0, 0.1) is 5.82 Å². The number of anilines is 1. The number of rotatable bonds is 2. The zero-order valence-corrected chi connectivity index (χ0v) is 14.1. The van der Waals surface area contributed by atoms with Crippen molar-refractivity contribution in [3.8, 4) is 0 Å². The topological polar surface area (TPSA) is 53.1 Å². The van der Waals surface area contributed by atoms with Crippen LogP contribution in [-0.2, 0) is 0 Å². The summed E-state index contributed by atoms with van der Waals surface area (Å²) in [4.78, 5) is 9.37. The Hall–Kier alpha value is -1.76. The highest BCUT2D eigenvalue weighted by Crippen LogP contribution is 2.39. The maximum atomic E-state index is 14.4. The molecule has 0 radical (unpaired) electrons. The number of halogens is 2. The number of hydrogen-bond acceptors (Lipinski definition) is 5. The lowest BCUT2D eigenvalue weighted by Gasteiger charge is -2.22. The second-order valence-corrected chi connectivity index (χ2v) is 6.73. The minimum Gasteiger partial charge on any atom is -0.317 e. The van der Waals surface area contributed by atoms with E-state index >= 15 is 0 Å². The number of piperidine rings is 1. The quantitative estimate of drug-likeness (QED) is 0.874. The van der Waals surface area contributed by atoms with Gasteiger partial charge in [0.05, 0.1) is 10.7 Å². The minimum absolute atomic E-state index is 0.119. The van der Waals surface area contributed by atoms with Gasteiger partial charge in [0.25, 0.3) is 0 Å². The molecule has 1 fully saturated rings. The molecule has 0 amide bonds. The van der Waals surface area contributed by atoms with Crippen molar-refractivity contribution in [2.24, 2.45) is 0 Å². The third-order valence-electron chi connectivity index (χ3n) is 4.78. The van der Waals surface area contributed by atoms with Crippen LogP contribution in [0.2, 0.25) is 5.02 Å². The van der Waals surface area contributed by atoms with E-state index in [1.165, 1.54) is 0 Å². The molecule has 4 rings (SSSR count). The Morgan fingerprint density at radius 3 is 2.88 bits per heavy atom. The summed E-state index contributed by atoms with van der Waals surface area (Å²) in [7, 11) is 1.86. The molecule has 2 N–H and O–H groups in total. The largest absolute Gasteiger partial charge is 0.317 e. The van der Waals surface area contributed by atoms with Gasteiger partial charge in [-0.3, -0.25) is 4.98 Å². The summed E-state index contributed by atoms with van der Waals surface area (Å²) >= 11 is 5.94. The first kappa shape index (κ1) is 15.7. The lowest BCUT2D eigenvalue weighted by atomic mass is 9.95. The van der Waals surface area contributed by atoms with E-state index in [4.69, 9.17) is 16.6 Å². The molecule has 5 nitrogen and oxygen atoms in total. The number of hydrazine groups is 1. The zero-order valence-electron chi connectivity index (χ0n) is 13.4. The molecule has 0 spiro atoms. The fourth-order valence-corrected chi connectivity index (χ4v) is 3.69. The summed E-state index contributed by atoms with van der Waals surface area (Å²) < 4.78 is 14.4. The molecular formula is C17H19ClFN5. The van der Waals surface area contributed by atoms with Crippen LogP contribution in [0.4, 0.5) is 10.2 Å². The van der Waals surface area contributed by atoms with Crippen molar-refractivity contribution in [3.05, 3.63) is 52.2 Å². The van der Waals surface area contributed by atoms with Gasteiger partial charge >= 0.3 is 0 Å². The lowest BCUT2D eigenvalue weighted by molar-refractivity contribution is 0.349. The minimum atomic E-state index is -0.408. The van der Waals surface area contributed by atoms with E-state index in [1.54, 1.807) is 18.2 Å². The van der Waals surface area contributed by atoms with Crippen LogP contribution in [-0.4, -0.2) is 35.1 Å². The van der Waals surface area contributed by atoms with Gasteiger partial charge in [-0.05, 0) is 32.0 Å². The van der Waals surface area contributed by atoms with Gasteiger partial charge in [-0.1, -0.05) is 23.7 Å². The van der Waals surface area contributed by atoms with E-state index in [-0.39, 0.29) is 11.1 Å². The average molecular weight is 348 g/mol. The van der Waals surface area contributed by atoms with Gasteiger partial charge in [-0.25, -0.2) is 14.4 Å². The van der Waals surface area contributed by atoms with Crippen LogP contribution in [0.25, 0.3) is 0 Å². The molecule has 1 saturated heterocycles. The first-order chi connectivity index (χ1) is 11.6. The third-order valence-corrected chi connectivity index (χ3v) is 5.07. The Bertz CT molecular complexity index is 763. The van der Waals surface area contributed by atoms with Crippen LogP contribution in [0.1, 0.15) is 41.8 Å². The molecule has 0 aliphatic carbocycles. The molecule has 0 bridgehead atoms. The molecule has 7 heteroatoms. The fourth-order valence-electron chi connectivity index (χ4n) is 3.51. The molecule has 24 heavy (non-hydrogen) atoms. The van der Waals surface area contributed by atoms with Gasteiger partial charge in [0.1, 0.15) is 17.6 Å². The summed E-state index contributed by atoms with van der Waals surface area (Å²) in [5.41, 5.74) is 5.44. The first-order valence-corrected chi connectivity index (χ1v) is 8.54. The van der Waals surface area contributed by atoms with Crippen molar-refractivity contribution in [3.63, 3.8) is 0 Å². The Labute approximate surface area is 145 Å². The molecule has 126 valence electrons. The van der Waals surface area contributed by atoms with E-state index < -0.39 is 5.82 Å².